The quantitative estimate of drug-likeness (QED) is 0.738. The lowest BCUT2D eigenvalue weighted by Crippen LogP contribution is -2.33. The number of benzene rings is 1. The van der Waals surface area contributed by atoms with E-state index in [9.17, 15) is 13.4 Å². The van der Waals surface area contributed by atoms with Crippen molar-refractivity contribution in [2.45, 2.75) is 23.8 Å². The van der Waals surface area contributed by atoms with Gasteiger partial charge in [-0.05, 0) is 37.0 Å². The molecular weight excluding hydrogens is 381 g/mol. The van der Waals surface area contributed by atoms with E-state index in [1.807, 2.05) is 6.08 Å². The van der Waals surface area contributed by atoms with E-state index in [0.29, 0.717) is 11.5 Å². The van der Waals surface area contributed by atoms with Gasteiger partial charge in [0.1, 0.15) is 27.5 Å². The molecule has 9 heteroatoms. The monoisotopic (exact) mass is 399 g/mol. The van der Waals surface area contributed by atoms with Gasteiger partial charge in [0.15, 0.2) is 0 Å². The summed E-state index contributed by atoms with van der Waals surface area (Å²) in [6, 6.07) is 5.30. The van der Waals surface area contributed by atoms with Crippen LogP contribution in [0.2, 0.25) is 0 Å². The predicted octanol–water partition coefficient (Wildman–Crippen LogP) is 3.00. The van der Waals surface area contributed by atoms with Gasteiger partial charge in [-0.1, -0.05) is 12.2 Å². The van der Waals surface area contributed by atoms with E-state index in [1.54, 1.807) is 19.2 Å². The molecule has 1 saturated carbocycles. The molecule has 1 aliphatic carbocycles. The van der Waals surface area contributed by atoms with Crippen LogP contribution in [0.4, 0.5) is 10.1 Å². The number of carbonyl (C=O) groups excluding carboxylic acids is 1. The molecule has 28 heavy (non-hydrogen) atoms. The zero-order valence-electron chi connectivity index (χ0n) is 15.0. The van der Waals surface area contributed by atoms with Crippen molar-refractivity contribution in [3.05, 3.63) is 53.1 Å². The topological polar surface area (TPSA) is 111 Å². The molecule has 144 valence electrons. The third-order valence-corrected chi connectivity index (χ3v) is 6.50. The normalized spacial score (nSPS) is 23.5. The number of rotatable bonds is 3. The van der Waals surface area contributed by atoms with Crippen LogP contribution in [-0.4, -0.2) is 20.7 Å². The van der Waals surface area contributed by atoms with E-state index in [-0.39, 0.29) is 27.9 Å². The maximum absolute atomic E-state index is 13.5. The molecule has 7 nitrogen and oxygen atoms in total. The summed E-state index contributed by atoms with van der Waals surface area (Å²) in [6.45, 7) is 0. The minimum absolute atomic E-state index is 0.158. The molecule has 1 aliphatic heterocycles. The van der Waals surface area contributed by atoms with E-state index in [1.165, 1.54) is 22.9 Å². The molecule has 0 spiro atoms. The second-order valence-electron chi connectivity index (χ2n) is 7.02. The smallest absolute Gasteiger partial charge is 0.272 e. The van der Waals surface area contributed by atoms with Crippen molar-refractivity contribution in [3.63, 3.8) is 0 Å². The number of aryl methyl sites for hydroxylation is 1. The second-order valence-corrected chi connectivity index (χ2v) is 8.81. The average Bonchev–Trinajstić information content (AvgIpc) is 3.43. The molecular formula is C19H18FN5O2S. The van der Waals surface area contributed by atoms with Crippen molar-refractivity contribution in [1.29, 1.82) is 10.0 Å². The summed E-state index contributed by atoms with van der Waals surface area (Å²) >= 11 is 0. The first kappa shape index (κ1) is 18.4. The van der Waals surface area contributed by atoms with Gasteiger partial charge in [-0.3, -0.25) is 4.79 Å². The average molecular weight is 399 g/mol. The highest BCUT2D eigenvalue weighted by Crippen LogP contribution is 2.37. The molecule has 2 aliphatic rings. The van der Waals surface area contributed by atoms with E-state index in [4.69, 9.17) is 10.0 Å². The number of nitrogens with zero attached hydrogens (tertiary/aromatic N) is 2. The van der Waals surface area contributed by atoms with E-state index < -0.39 is 21.6 Å². The lowest BCUT2D eigenvalue weighted by molar-refractivity contribution is 0.101. The zero-order valence-corrected chi connectivity index (χ0v) is 15.8. The number of anilines is 1. The Hall–Kier alpha value is -2.96. The third-order valence-electron chi connectivity index (χ3n) is 4.96. The van der Waals surface area contributed by atoms with Crippen molar-refractivity contribution in [2.75, 3.05) is 5.32 Å². The van der Waals surface area contributed by atoms with Crippen LogP contribution in [0.5, 0.6) is 0 Å². The summed E-state index contributed by atoms with van der Waals surface area (Å²) in [7, 11) is -1.63. The standard InChI is InChI=1S/C19H18FN5O2S/c1-25-10-17-14(5-7-16(11-2-3-11)24-28(17,22)27)18(25)19(26)23-13-4-6-15(20)12(8-13)9-21/h4-8,10-11,16H,2-3H2,1H3,(H,23,26)(H2,22,24,27)/t16-,28?/m1/s1. The lowest BCUT2D eigenvalue weighted by atomic mass is 10.1. The first-order chi connectivity index (χ1) is 13.3. The van der Waals surface area contributed by atoms with Gasteiger partial charge >= 0.3 is 0 Å². The number of fused-ring (bicyclic) bond motifs is 1. The number of halogens is 1. The van der Waals surface area contributed by atoms with Gasteiger partial charge in [-0.25, -0.2) is 18.1 Å². The maximum Gasteiger partial charge on any atom is 0.272 e. The minimum Gasteiger partial charge on any atom is -0.345 e. The Bertz CT molecular complexity index is 1160. The molecule has 1 aromatic heterocycles. The molecule has 0 radical (unpaired) electrons. The number of carbonyl (C=O) groups is 1. The Morgan fingerprint density at radius 3 is 2.89 bits per heavy atom. The summed E-state index contributed by atoms with van der Waals surface area (Å²) < 4.78 is 39.2. The van der Waals surface area contributed by atoms with E-state index in [2.05, 4.69) is 10.0 Å². The van der Waals surface area contributed by atoms with Crippen molar-refractivity contribution in [1.82, 2.24) is 9.29 Å². The molecule has 4 rings (SSSR count). The molecule has 2 atom stereocenters. The molecule has 1 aromatic carbocycles. The lowest BCUT2D eigenvalue weighted by Gasteiger charge is -2.14. The highest BCUT2D eigenvalue weighted by Gasteiger charge is 2.35. The van der Waals surface area contributed by atoms with Gasteiger partial charge in [-0.2, -0.15) is 5.26 Å². The van der Waals surface area contributed by atoms with Crippen LogP contribution in [0.25, 0.3) is 6.08 Å². The van der Waals surface area contributed by atoms with Crippen LogP contribution in [0.1, 0.15) is 34.5 Å². The van der Waals surface area contributed by atoms with Crippen molar-refractivity contribution in [3.8, 4) is 6.07 Å². The summed E-state index contributed by atoms with van der Waals surface area (Å²) in [4.78, 5) is 13.1. The number of aromatic nitrogens is 1. The first-order valence-corrected chi connectivity index (χ1v) is 10.3. The highest BCUT2D eigenvalue weighted by atomic mass is 32.2. The predicted molar refractivity (Wildman–Crippen MR) is 102 cm³/mol. The fraction of sp³-hybridized carbons (Fsp3) is 0.263. The highest BCUT2D eigenvalue weighted by molar-refractivity contribution is 7.90. The Kier molecular flexibility index (Phi) is 4.33. The van der Waals surface area contributed by atoms with Crippen LogP contribution in [0, 0.1) is 27.8 Å². The summed E-state index contributed by atoms with van der Waals surface area (Å²) in [5, 5.41) is 11.6. The molecule has 2 aromatic rings. The first-order valence-electron chi connectivity index (χ1n) is 8.75. The maximum atomic E-state index is 13.5. The van der Waals surface area contributed by atoms with Gasteiger partial charge < -0.3 is 9.88 Å². The summed E-state index contributed by atoms with van der Waals surface area (Å²) in [6.07, 6.45) is 7.17. The van der Waals surface area contributed by atoms with Gasteiger partial charge in [0, 0.05) is 30.5 Å². The van der Waals surface area contributed by atoms with Gasteiger partial charge in [0.05, 0.1) is 10.5 Å². The number of nitrogens with one attached hydrogen (secondary N) is 3. The zero-order chi connectivity index (χ0) is 20.1. The van der Waals surface area contributed by atoms with Crippen LogP contribution in [0.15, 0.2) is 35.4 Å². The number of hydrogen-bond acceptors (Lipinski definition) is 4. The Morgan fingerprint density at radius 2 is 2.21 bits per heavy atom. The summed E-state index contributed by atoms with van der Waals surface area (Å²) in [5.74, 6) is -0.799. The van der Waals surface area contributed by atoms with Gasteiger partial charge in [0.25, 0.3) is 5.91 Å². The second kappa shape index (κ2) is 6.58. The molecule has 1 unspecified atom stereocenters. The van der Waals surface area contributed by atoms with Crippen LogP contribution < -0.4 is 10.0 Å². The fourth-order valence-electron chi connectivity index (χ4n) is 3.37. The molecule has 1 amide bonds. The molecule has 1 fully saturated rings. The number of amides is 1. The van der Waals surface area contributed by atoms with E-state index >= 15 is 0 Å². The van der Waals surface area contributed by atoms with Gasteiger partial charge in [0.2, 0.25) is 0 Å². The Labute approximate surface area is 162 Å². The van der Waals surface area contributed by atoms with Crippen molar-refractivity contribution < 1.29 is 13.4 Å². The minimum atomic E-state index is -3.26. The number of nitriles is 1. The fourth-order valence-corrected chi connectivity index (χ4v) is 4.93. The molecule has 2 heterocycles. The summed E-state index contributed by atoms with van der Waals surface area (Å²) in [5.41, 5.74) is 0.774. The van der Waals surface area contributed by atoms with Crippen molar-refractivity contribution in [2.24, 2.45) is 13.0 Å². The van der Waals surface area contributed by atoms with E-state index in [0.717, 1.165) is 18.9 Å². The molecule has 0 bridgehead atoms. The van der Waals surface area contributed by atoms with Crippen LogP contribution in [-0.2, 0) is 17.0 Å². The van der Waals surface area contributed by atoms with Crippen LogP contribution in [0.3, 0.4) is 0 Å². The largest absolute Gasteiger partial charge is 0.345 e. The Morgan fingerprint density at radius 1 is 1.46 bits per heavy atom. The Balaban J connectivity index is 1.71. The van der Waals surface area contributed by atoms with Crippen LogP contribution >= 0.6 is 0 Å². The molecule has 3 N–H and O–H groups in total. The van der Waals surface area contributed by atoms with Gasteiger partial charge in [-0.15, -0.1) is 0 Å². The molecule has 0 saturated heterocycles. The third kappa shape index (κ3) is 3.21. The van der Waals surface area contributed by atoms with Crippen molar-refractivity contribution >= 4 is 27.6 Å². The SMILES string of the molecule is Cn1cc2c(c1C(=O)Nc1ccc(F)c(C#N)c1)C=C[C@H](C1CC1)NS2(=N)=O. The number of hydrogen-bond donors (Lipinski definition) is 3.